The van der Waals surface area contributed by atoms with E-state index in [0.29, 0.717) is 68.3 Å². The van der Waals surface area contributed by atoms with E-state index in [0.717, 1.165) is 19.4 Å². The topological polar surface area (TPSA) is 102 Å². The first-order valence-electron chi connectivity index (χ1n) is 12.6. The van der Waals surface area contributed by atoms with E-state index >= 15 is 0 Å². The summed E-state index contributed by atoms with van der Waals surface area (Å²) in [5.74, 6) is -0.170. The molecular weight excluding hydrogens is 460 g/mol. The van der Waals surface area contributed by atoms with Crippen molar-refractivity contribution >= 4 is 11.8 Å². The molecule has 1 N–H and O–H groups in total. The summed E-state index contributed by atoms with van der Waals surface area (Å²) in [5, 5.41) is 7.51. The number of piperazine rings is 1. The molecule has 4 aliphatic rings. The fourth-order valence-electron chi connectivity index (χ4n) is 4.81. The van der Waals surface area contributed by atoms with Crippen molar-refractivity contribution < 1.29 is 14.3 Å². The molecular formula is C26H32N6O4. The van der Waals surface area contributed by atoms with Gasteiger partial charge in [-0.25, -0.2) is 0 Å². The highest BCUT2D eigenvalue weighted by Crippen LogP contribution is 2.24. The van der Waals surface area contributed by atoms with Crippen LogP contribution in [0.3, 0.4) is 0 Å². The summed E-state index contributed by atoms with van der Waals surface area (Å²) in [6, 6.07) is 9.21. The highest BCUT2D eigenvalue weighted by molar-refractivity contribution is 6.00. The number of pyridine rings is 1. The molecule has 0 radical (unpaired) electrons. The van der Waals surface area contributed by atoms with Gasteiger partial charge in [0.25, 0.3) is 11.5 Å². The third-order valence-electron chi connectivity index (χ3n) is 6.90. The highest BCUT2D eigenvalue weighted by atomic mass is 16.5. The first-order chi connectivity index (χ1) is 17.5. The van der Waals surface area contributed by atoms with E-state index in [1.54, 1.807) is 17.3 Å². The molecule has 10 heteroatoms. The Balaban J connectivity index is 1.27. The van der Waals surface area contributed by atoms with Gasteiger partial charge in [0.05, 0.1) is 29.5 Å². The van der Waals surface area contributed by atoms with Crippen LogP contribution in [-0.2, 0) is 16.1 Å². The zero-order chi connectivity index (χ0) is 25.1. The highest BCUT2D eigenvalue weighted by Gasteiger charge is 2.29. The first kappa shape index (κ1) is 24.2. The second kappa shape index (κ2) is 10.6. The minimum Gasteiger partial charge on any atom is -0.376 e. The fraction of sp³-hybridized carbons (Fsp3) is 0.462. The van der Waals surface area contributed by atoms with E-state index in [9.17, 15) is 14.4 Å². The molecule has 1 aromatic rings. The zero-order valence-electron chi connectivity index (χ0n) is 20.6. The molecule has 1 aromatic carbocycles. The monoisotopic (exact) mass is 492 g/mol. The summed E-state index contributed by atoms with van der Waals surface area (Å²) in [6.45, 7) is 6.44. The molecule has 36 heavy (non-hydrogen) atoms. The number of hydrogen-bond acceptors (Lipinski definition) is 6. The molecule has 0 aliphatic carbocycles. The van der Waals surface area contributed by atoms with E-state index in [-0.39, 0.29) is 23.5 Å². The maximum Gasteiger partial charge on any atom is 0.282 e. The minimum absolute atomic E-state index is 0.0199. The number of amides is 2. The normalized spacial score (nSPS) is 18.6. The lowest BCUT2D eigenvalue weighted by Gasteiger charge is -2.34. The third kappa shape index (κ3) is 5.05. The van der Waals surface area contributed by atoms with Crippen molar-refractivity contribution in [3.63, 3.8) is 0 Å². The van der Waals surface area contributed by atoms with Gasteiger partial charge in [-0.1, -0.05) is 18.2 Å². The van der Waals surface area contributed by atoms with Crippen LogP contribution < -0.4 is 10.9 Å². The number of rotatable bonds is 7. The summed E-state index contributed by atoms with van der Waals surface area (Å²) in [4.78, 5) is 42.9. The van der Waals surface area contributed by atoms with Crippen LogP contribution >= 0.6 is 0 Å². The van der Waals surface area contributed by atoms with Crippen molar-refractivity contribution in [3.8, 4) is 16.9 Å². The van der Waals surface area contributed by atoms with Gasteiger partial charge >= 0.3 is 0 Å². The lowest BCUT2D eigenvalue weighted by Crippen LogP contribution is -2.51. The summed E-state index contributed by atoms with van der Waals surface area (Å²) >= 11 is 0. The summed E-state index contributed by atoms with van der Waals surface area (Å²) in [5.41, 5.74) is 1.67. The van der Waals surface area contributed by atoms with Gasteiger partial charge in [-0.05, 0) is 31.9 Å². The number of benzene rings is 1. The van der Waals surface area contributed by atoms with Crippen LogP contribution in [0.5, 0.6) is 0 Å². The lowest BCUT2D eigenvalue weighted by molar-refractivity contribution is -0.123. The van der Waals surface area contributed by atoms with Gasteiger partial charge in [-0.3, -0.25) is 19.3 Å². The molecule has 0 bridgehead atoms. The number of nitrogens with one attached hydrogen (secondary N) is 1. The first-order valence-corrected chi connectivity index (χ1v) is 12.6. The molecule has 0 spiro atoms. The van der Waals surface area contributed by atoms with E-state index in [2.05, 4.69) is 15.3 Å². The number of fused-ring (bicyclic) bond motifs is 1. The summed E-state index contributed by atoms with van der Waals surface area (Å²) < 4.78 is 8.76. The van der Waals surface area contributed by atoms with E-state index in [1.807, 2.05) is 41.8 Å². The molecule has 4 heterocycles. The number of carbonyl (C=O) groups is 2. The molecule has 0 saturated carbocycles. The largest absolute Gasteiger partial charge is 0.376 e. The standard InChI is InChI=1S/C26H32N6O4/c1-2-29-16-21(24-22(17-29)26(35)32(28-24)19-7-4-3-5-8-19)25(34)31-12-10-30(11-13-31)18-23(33)27-15-20-9-6-14-36-20/h3-5,7-8,16-17,20H,2,6,9-15,18H2,1H3,(H,27,33)/t20-/m0/s1. The average Bonchev–Trinajstić information content (AvgIpc) is 3.55. The predicted octanol–water partition coefficient (Wildman–Crippen LogP) is 1.21. The van der Waals surface area contributed by atoms with E-state index in [4.69, 9.17) is 4.74 Å². The number of aryl methyl sites for hydroxylation is 1. The van der Waals surface area contributed by atoms with Gasteiger partial charge in [0.15, 0.2) is 0 Å². The number of nitrogens with zero attached hydrogens (tertiary/aromatic N) is 5. The third-order valence-corrected chi connectivity index (χ3v) is 6.90. The summed E-state index contributed by atoms with van der Waals surface area (Å²) in [6.07, 6.45) is 5.69. The average molecular weight is 493 g/mol. The lowest BCUT2D eigenvalue weighted by atomic mass is 10.1. The summed E-state index contributed by atoms with van der Waals surface area (Å²) in [7, 11) is 0. The molecule has 4 aliphatic heterocycles. The Morgan fingerprint density at radius 1 is 1.11 bits per heavy atom. The maximum atomic E-state index is 13.6. The van der Waals surface area contributed by atoms with Gasteiger partial charge in [-0.2, -0.15) is 9.78 Å². The van der Waals surface area contributed by atoms with Crippen LogP contribution in [-0.4, -0.2) is 87.9 Å². The van der Waals surface area contributed by atoms with Gasteiger partial charge in [-0.15, -0.1) is 0 Å². The predicted molar refractivity (Wildman–Crippen MR) is 134 cm³/mol. The molecule has 5 rings (SSSR count). The molecule has 0 aromatic heterocycles. The van der Waals surface area contributed by atoms with Crippen LogP contribution in [0.2, 0.25) is 0 Å². The van der Waals surface area contributed by atoms with Crippen molar-refractivity contribution in [2.75, 3.05) is 45.9 Å². The Labute approximate surface area is 209 Å². The van der Waals surface area contributed by atoms with Crippen molar-refractivity contribution in [3.05, 3.63) is 58.6 Å². The number of ether oxygens (including phenoxy) is 1. The van der Waals surface area contributed by atoms with Crippen molar-refractivity contribution in [2.45, 2.75) is 32.4 Å². The van der Waals surface area contributed by atoms with Crippen LogP contribution in [0, 0.1) is 0 Å². The Hall–Kier alpha value is -3.50. The van der Waals surface area contributed by atoms with E-state index < -0.39 is 0 Å². The molecule has 2 saturated heterocycles. The zero-order valence-corrected chi connectivity index (χ0v) is 20.6. The van der Waals surface area contributed by atoms with Crippen LogP contribution in [0.4, 0.5) is 0 Å². The number of hydrogen-bond donors (Lipinski definition) is 1. The van der Waals surface area contributed by atoms with Crippen LogP contribution in [0.25, 0.3) is 16.9 Å². The SMILES string of the molecule is CCn1cc(C(=O)N2CCN(CC(=O)NC[C@@H]3CCCO3)CC2)c2nn(-c3ccccc3)c(=O)c-2c1. The number of para-hydroxylation sites is 1. The second-order valence-electron chi connectivity index (χ2n) is 9.32. The second-order valence-corrected chi connectivity index (χ2v) is 9.32. The molecule has 10 nitrogen and oxygen atoms in total. The van der Waals surface area contributed by atoms with Crippen molar-refractivity contribution in [1.29, 1.82) is 0 Å². The Kier molecular flexibility index (Phi) is 7.15. The maximum absolute atomic E-state index is 13.6. The Bertz CT molecular complexity index is 1240. The van der Waals surface area contributed by atoms with E-state index in [1.165, 1.54) is 4.68 Å². The fourth-order valence-corrected chi connectivity index (χ4v) is 4.81. The Morgan fingerprint density at radius 3 is 2.58 bits per heavy atom. The van der Waals surface area contributed by atoms with Gasteiger partial charge in [0, 0.05) is 58.3 Å². The number of carbonyl (C=O) groups excluding carboxylic acids is 2. The van der Waals surface area contributed by atoms with Gasteiger partial charge < -0.3 is 19.5 Å². The minimum atomic E-state index is -0.244. The smallest absolute Gasteiger partial charge is 0.282 e. The van der Waals surface area contributed by atoms with Crippen LogP contribution in [0.15, 0.2) is 47.5 Å². The molecule has 2 fully saturated rings. The van der Waals surface area contributed by atoms with Crippen molar-refractivity contribution in [1.82, 2.24) is 29.5 Å². The Morgan fingerprint density at radius 2 is 1.89 bits per heavy atom. The molecule has 0 unspecified atom stereocenters. The molecule has 1 atom stereocenters. The number of aromatic nitrogens is 3. The molecule has 2 amide bonds. The van der Waals surface area contributed by atoms with Crippen molar-refractivity contribution in [2.24, 2.45) is 0 Å². The van der Waals surface area contributed by atoms with Crippen LogP contribution in [0.1, 0.15) is 30.1 Å². The molecule has 190 valence electrons. The van der Waals surface area contributed by atoms with Gasteiger partial charge in [0.1, 0.15) is 5.69 Å². The quantitative estimate of drug-likeness (QED) is 0.532. The van der Waals surface area contributed by atoms with Gasteiger partial charge in [0.2, 0.25) is 5.91 Å².